The van der Waals surface area contributed by atoms with Crippen molar-refractivity contribution in [3.63, 3.8) is 0 Å². The monoisotopic (exact) mass is 1580 g/mol. The third-order valence-corrected chi connectivity index (χ3v) is 20.9. The molecule has 2 aliphatic rings. The fourth-order valence-electron chi connectivity index (χ4n) is 11.6. The van der Waals surface area contributed by atoms with E-state index in [0.29, 0.717) is 59.5 Å². The minimum absolute atomic E-state index is 0.0138. The number of rotatable bonds is 48. The second-order valence-electron chi connectivity index (χ2n) is 24.4. The smallest absolute Gasteiger partial charge is 0.386 e. The number of nitrogens with two attached hydrogens (primary N) is 1. The molecule has 0 aliphatic carbocycles. The zero-order valence-electron chi connectivity index (χ0n) is 57.2. The lowest BCUT2D eigenvalue weighted by Gasteiger charge is -2.33. The maximum absolute atomic E-state index is 12.9. The number of aliphatic hydroxyl groups excluding tert-OH is 1. The van der Waals surface area contributed by atoms with E-state index in [9.17, 15) is 90.3 Å². The molecule has 103 heavy (non-hydrogen) atoms. The van der Waals surface area contributed by atoms with E-state index in [0.717, 1.165) is 4.57 Å². The number of aliphatic imine (C=N–C) groups is 1. The number of ether oxygens (including phenoxy) is 6. The van der Waals surface area contributed by atoms with Gasteiger partial charge in [-0.3, -0.25) is 46.4 Å². The Hall–Kier alpha value is -5.41. The fraction of sp³-hybridized carbons (Fsp3) is 0.617. The third-order valence-electron chi connectivity index (χ3n) is 16.6. The number of benzene rings is 2. The van der Waals surface area contributed by atoms with Crippen molar-refractivity contribution >= 4 is 85.1 Å². The number of amides is 2. The lowest BCUT2D eigenvalue weighted by Crippen LogP contribution is -2.38. The highest BCUT2D eigenvalue weighted by Crippen LogP contribution is 2.52. The van der Waals surface area contributed by atoms with Crippen LogP contribution in [0.2, 0.25) is 0 Å². The Bertz CT molecular complexity index is 4080. The number of nitrogens with one attached hydrogen (secondary N) is 2. The molecule has 0 spiro atoms. The van der Waals surface area contributed by atoms with Crippen LogP contribution in [0.15, 0.2) is 86.1 Å². The summed E-state index contributed by atoms with van der Waals surface area (Å²) in [6.07, 6.45) is 0.806. The largest absolute Gasteiger partial charge is 0.470 e. The Balaban J connectivity index is 1.05. The van der Waals surface area contributed by atoms with Gasteiger partial charge in [0.15, 0.2) is 6.23 Å². The standard InChI is InChI=1S/C60H93N7O30P2S4/c1-42-16-17-44(102(84,85)86)38-46(42)59(2,21-10-36-100(78,79)80)50(62-24-28-90-4)13-8-14-51-60(3,22-11-37-101(81,82)83)47-39-45(103(87,88)89)18-19-48(47)66(51)26-7-5-6-15-52(68)64-25-29-92-31-33-94-35-34-93-32-30-91-27-20-53(69)63-23-9-12-43-40-67(58(71)65-56(43)61)57-54(70)55(97-99(75,76)77)49(96-57)41-95-98(72,73)74/h8,13-14,16-19,38-40,49,54-55,57,70H,5-7,9-12,15,20-37,41H2,1-4H3,(H,63,69)(H,64,68)(H2,61,65,71)(H2,72,73,74)(H2,75,76,77)(H,78,79,80)(H,81,82,83)(H,84,85,86)(H,87,88,89)/b13-8+,51-14+,62-50+/t49-,54+,55?,57-,59?,60?/m1/s1. The number of carbonyl (C=O) groups excluding carboxylic acids is 2. The first-order chi connectivity index (χ1) is 48.1. The molecule has 5 rings (SSSR count). The third kappa shape index (κ3) is 29.4. The molecule has 3 heterocycles. The Morgan fingerprint density at radius 2 is 1.36 bits per heavy atom. The van der Waals surface area contributed by atoms with Gasteiger partial charge in [-0.05, 0) is 131 Å². The number of hydrogen-bond acceptors (Lipinski definition) is 26. The molecule has 6 atom stereocenters. The van der Waals surface area contributed by atoms with Crippen molar-refractivity contribution in [3.05, 3.63) is 99.3 Å². The summed E-state index contributed by atoms with van der Waals surface area (Å²) < 4.78 is 203. The highest BCUT2D eigenvalue weighted by atomic mass is 32.2. The zero-order chi connectivity index (χ0) is 76.6. The number of phosphoric ester groups is 2. The number of allylic oxidation sites excluding steroid dienone is 4. The first kappa shape index (κ1) is 88.2. The number of hydrogen-bond donors (Lipinski definition) is 12. The van der Waals surface area contributed by atoms with Gasteiger partial charge in [0.1, 0.15) is 24.1 Å². The highest BCUT2D eigenvalue weighted by Gasteiger charge is 2.50. The van der Waals surface area contributed by atoms with E-state index >= 15 is 0 Å². The second-order valence-corrected chi connectivity index (χ2v) is 32.8. The molecule has 1 saturated heterocycles. The maximum atomic E-state index is 12.9. The molecule has 0 bridgehead atoms. The topological polar surface area (TPSA) is 561 Å². The van der Waals surface area contributed by atoms with Gasteiger partial charge in [0.25, 0.3) is 40.5 Å². The van der Waals surface area contributed by atoms with Crippen molar-refractivity contribution in [2.75, 3.05) is 121 Å². The molecule has 37 nitrogen and oxygen atoms in total. The molecule has 2 amide bonds. The van der Waals surface area contributed by atoms with E-state index in [4.69, 9.17) is 48.9 Å². The summed E-state index contributed by atoms with van der Waals surface area (Å²) in [7, 11) is -27.3. The van der Waals surface area contributed by atoms with Gasteiger partial charge < -0.3 is 74.4 Å². The zero-order valence-corrected chi connectivity index (χ0v) is 62.2. The lowest BCUT2D eigenvalue weighted by atomic mass is 9.72. The van der Waals surface area contributed by atoms with Crippen molar-refractivity contribution in [3.8, 4) is 0 Å². The fourth-order valence-corrected chi connectivity index (χ4v) is 14.6. The molecule has 0 saturated carbocycles. The van der Waals surface area contributed by atoms with Gasteiger partial charge in [-0.2, -0.15) is 38.7 Å². The van der Waals surface area contributed by atoms with Crippen molar-refractivity contribution < 1.29 is 133 Å². The van der Waals surface area contributed by atoms with Gasteiger partial charge in [-0.25, -0.2) is 13.9 Å². The van der Waals surface area contributed by atoms with Gasteiger partial charge in [0, 0.05) is 79.3 Å². The minimum Gasteiger partial charge on any atom is -0.386 e. The van der Waals surface area contributed by atoms with Gasteiger partial charge in [-0.1, -0.05) is 18.6 Å². The normalized spacial score (nSPS) is 19.5. The molecule has 1 fully saturated rings. The van der Waals surface area contributed by atoms with Crippen LogP contribution in [0.5, 0.6) is 0 Å². The number of phosphoric acid groups is 2. The number of fused-ring (bicyclic) bond motifs is 1. The van der Waals surface area contributed by atoms with E-state index in [-0.39, 0.29) is 154 Å². The molecular weight excluding hydrogens is 1490 g/mol. The molecule has 2 aliphatic heterocycles. The summed E-state index contributed by atoms with van der Waals surface area (Å²) in [5, 5.41) is 16.3. The van der Waals surface area contributed by atoms with Gasteiger partial charge >= 0.3 is 21.3 Å². The number of carbonyl (C=O) groups is 2. The van der Waals surface area contributed by atoms with Crippen LogP contribution in [0.25, 0.3) is 0 Å². The number of unbranched alkanes of at least 4 members (excludes halogenated alkanes) is 2. The molecular formula is C60H93N7O30P2S4. The SMILES string of the molecule is COCC\N=C(/C=C/C=C1/N(CCCCCC(=O)NCCOCCOCCOCCOCCC(=O)NCCCc2cn([C@@H]3O[C@H](COP(=O)(O)O)C(OP(=O)(O)O)[C@@H]3O)c(=O)nc2N)c2ccc(S(=O)(=O)O)cc2C1(C)CCCS(=O)(=O)O)C(C)(CCCS(=O)(=O)O)c1cc(S(=O)(=O)O)ccc1C. The minimum atomic E-state index is -5.29. The van der Waals surface area contributed by atoms with Gasteiger partial charge in [-0.15, -0.1) is 0 Å². The summed E-state index contributed by atoms with van der Waals surface area (Å²) >= 11 is 0. The number of anilines is 2. The Morgan fingerprint density at radius 1 is 0.767 bits per heavy atom. The molecule has 3 unspecified atom stereocenters. The van der Waals surface area contributed by atoms with E-state index in [1.54, 1.807) is 39.0 Å². The van der Waals surface area contributed by atoms with Crippen molar-refractivity contribution in [1.29, 1.82) is 0 Å². The molecule has 582 valence electrons. The van der Waals surface area contributed by atoms with Crippen LogP contribution in [-0.4, -0.2) is 233 Å². The number of nitrogens with zero attached hydrogens (tertiary/aromatic N) is 4. The van der Waals surface area contributed by atoms with Gasteiger partial charge in [0.2, 0.25) is 11.8 Å². The van der Waals surface area contributed by atoms with Crippen LogP contribution in [0.3, 0.4) is 0 Å². The Labute approximate surface area is 597 Å². The summed E-state index contributed by atoms with van der Waals surface area (Å²) in [6, 6.07) is 7.98. The number of aromatic nitrogens is 2. The molecule has 1 aromatic heterocycles. The van der Waals surface area contributed by atoms with Crippen LogP contribution in [-0.2, 0) is 114 Å². The first-order valence-corrected chi connectivity index (χ1v) is 41.5. The molecule has 0 radical (unpaired) electrons. The first-order valence-electron chi connectivity index (χ1n) is 32.4. The lowest BCUT2D eigenvalue weighted by molar-refractivity contribution is -0.122. The second kappa shape index (κ2) is 40.0. The van der Waals surface area contributed by atoms with Crippen molar-refractivity contribution in [1.82, 2.24) is 20.2 Å². The summed E-state index contributed by atoms with van der Waals surface area (Å²) in [4.78, 5) is 84.4. The van der Waals surface area contributed by atoms with E-state index < -0.39 is 125 Å². The predicted molar refractivity (Wildman–Crippen MR) is 370 cm³/mol. The summed E-state index contributed by atoms with van der Waals surface area (Å²) in [5.41, 5.74) is 5.34. The van der Waals surface area contributed by atoms with Crippen LogP contribution in [0, 0.1) is 6.92 Å². The average molecular weight is 1580 g/mol. The summed E-state index contributed by atoms with van der Waals surface area (Å²) in [6.45, 7) is 6.66. The van der Waals surface area contributed by atoms with E-state index in [2.05, 4.69) is 24.7 Å². The average Bonchev–Trinajstić information content (AvgIpc) is 1.60. The number of aryl methyl sites for hydroxylation is 2. The molecule has 2 aromatic carbocycles. The van der Waals surface area contributed by atoms with E-state index in [1.165, 1.54) is 49.7 Å². The molecule has 43 heteroatoms. The van der Waals surface area contributed by atoms with Crippen molar-refractivity contribution in [2.24, 2.45) is 4.99 Å². The Kier molecular flexibility index (Phi) is 34.2. The van der Waals surface area contributed by atoms with Crippen LogP contribution >= 0.6 is 15.6 Å². The molecule has 13 N–H and O–H groups in total. The van der Waals surface area contributed by atoms with Crippen molar-refractivity contribution in [2.45, 2.75) is 137 Å². The van der Waals surface area contributed by atoms with Gasteiger partial charge in [0.05, 0.1) is 93.9 Å². The number of nitrogen functional groups attached to an aromatic ring is 1. The van der Waals surface area contributed by atoms with Crippen LogP contribution in [0.4, 0.5) is 11.5 Å². The number of methoxy groups -OCH3 is 1. The summed E-state index contributed by atoms with van der Waals surface area (Å²) in [5.74, 6) is -2.04. The molecule has 3 aromatic rings. The Morgan fingerprint density at radius 3 is 1.97 bits per heavy atom. The maximum Gasteiger partial charge on any atom is 0.470 e. The number of aliphatic hydroxyl groups is 1. The quantitative estimate of drug-likeness (QED) is 0.0167. The van der Waals surface area contributed by atoms with Crippen LogP contribution < -0.4 is 27.0 Å². The van der Waals surface area contributed by atoms with Crippen LogP contribution in [0.1, 0.15) is 107 Å². The van der Waals surface area contributed by atoms with E-state index in [1.807, 2.05) is 4.90 Å². The predicted octanol–water partition coefficient (Wildman–Crippen LogP) is 2.25. The highest BCUT2D eigenvalue weighted by molar-refractivity contribution is 7.86.